The highest BCUT2D eigenvalue weighted by molar-refractivity contribution is 5.96. The molecule has 2 fully saturated rings. The smallest absolute Gasteiger partial charge is 0.305 e. The summed E-state index contributed by atoms with van der Waals surface area (Å²) >= 11 is 0. The van der Waals surface area contributed by atoms with Gasteiger partial charge >= 0.3 is 5.97 Å². The van der Waals surface area contributed by atoms with Crippen LogP contribution in [0.4, 0.5) is 0 Å². The highest BCUT2D eigenvalue weighted by Gasteiger charge is 2.39. The van der Waals surface area contributed by atoms with Crippen LogP contribution in [-0.2, 0) is 40.0 Å². The van der Waals surface area contributed by atoms with E-state index in [0.29, 0.717) is 31.7 Å². The molecule has 1 aromatic rings. The first-order valence-electron chi connectivity index (χ1n) is 18.3. The first kappa shape index (κ1) is 43.4. The van der Waals surface area contributed by atoms with Crippen LogP contribution in [0.2, 0.25) is 0 Å². The number of hydrogen-bond acceptors (Lipinski definition) is 10. The molecular formula is C37H55N7O10. The van der Waals surface area contributed by atoms with Gasteiger partial charge in [0, 0.05) is 25.4 Å². The standard InChI is InChI=1S/C37H55N7O10/c1-7-15-54-25-12-10-24(11-13-25)18-27-33(49)38-21(4)17-30(46)40-26(16-20(2)3)34(50)41-28(19-31(47)48)35(51)43-32(22(5)45)37(53)39-23(6)44-14-8-9-29(44)36(52)42-27/h7,10-13,20-23,26-29,32,45H,1,8-9,14-19H2,2-6H3,(H,38,49)(H,39,53)(H,40,46)(H,41,50)(H,42,52)(H,43,51)(H,47,48)/t21-,22+,23+,26-,27?,28?,29-,32-/m0/s1. The Kier molecular flexibility index (Phi) is 16.4. The number of nitrogens with zero attached hydrogens (tertiary/aromatic N) is 1. The Bertz CT molecular complexity index is 1520. The van der Waals surface area contributed by atoms with Gasteiger partial charge in [0.25, 0.3) is 0 Å². The molecule has 0 aromatic heterocycles. The minimum Gasteiger partial charge on any atom is -0.490 e. The second-order valence-electron chi connectivity index (χ2n) is 14.3. The maximum absolute atomic E-state index is 13.9. The number of aliphatic carboxylic acids is 1. The van der Waals surface area contributed by atoms with E-state index < -0.39 is 96.4 Å². The molecule has 6 amide bonds. The molecule has 0 saturated carbocycles. The van der Waals surface area contributed by atoms with Crippen LogP contribution in [0.5, 0.6) is 5.75 Å². The third-order valence-corrected chi connectivity index (χ3v) is 9.12. The van der Waals surface area contributed by atoms with Crippen LogP contribution in [0, 0.1) is 5.92 Å². The predicted octanol–water partition coefficient (Wildman–Crippen LogP) is -0.530. The van der Waals surface area contributed by atoms with E-state index in [0.717, 1.165) is 5.56 Å². The fourth-order valence-corrected chi connectivity index (χ4v) is 6.45. The number of aliphatic hydroxyl groups excluding tert-OH is 1. The average molecular weight is 758 g/mol. The minimum absolute atomic E-state index is 0.0984. The zero-order valence-corrected chi connectivity index (χ0v) is 31.6. The molecule has 2 saturated heterocycles. The lowest BCUT2D eigenvalue weighted by atomic mass is 10.0. The topological polar surface area (TPSA) is 245 Å². The molecule has 2 aliphatic heterocycles. The van der Waals surface area contributed by atoms with E-state index in [1.807, 2.05) is 0 Å². The minimum atomic E-state index is -1.67. The molecule has 1 aromatic carbocycles. The van der Waals surface area contributed by atoms with Crippen LogP contribution in [0.3, 0.4) is 0 Å². The van der Waals surface area contributed by atoms with Gasteiger partial charge in [0.15, 0.2) is 0 Å². The van der Waals surface area contributed by atoms with Crippen molar-refractivity contribution in [3.05, 3.63) is 42.5 Å². The van der Waals surface area contributed by atoms with Gasteiger partial charge < -0.3 is 46.9 Å². The summed E-state index contributed by atoms with van der Waals surface area (Å²) in [5.74, 6) is -5.27. The monoisotopic (exact) mass is 757 g/mol. The molecule has 3 rings (SSSR count). The van der Waals surface area contributed by atoms with Crippen molar-refractivity contribution in [3.63, 3.8) is 0 Å². The molecule has 54 heavy (non-hydrogen) atoms. The fraction of sp³-hybridized carbons (Fsp3) is 0.595. The number of hydrogen-bond donors (Lipinski definition) is 8. The normalized spacial score (nSPS) is 27.5. The van der Waals surface area contributed by atoms with Crippen molar-refractivity contribution >= 4 is 41.4 Å². The molecule has 0 bridgehead atoms. The van der Waals surface area contributed by atoms with Crippen molar-refractivity contribution < 1.29 is 48.5 Å². The number of carboxylic acids is 1. The van der Waals surface area contributed by atoms with Crippen LogP contribution in [0.15, 0.2) is 36.9 Å². The molecule has 2 unspecified atom stereocenters. The molecule has 0 radical (unpaired) electrons. The maximum Gasteiger partial charge on any atom is 0.305 e. The van der Waals surface area contributed by atoms with Crippen LogP contribution >= 0.6 is 0 Å². The number of rotatable bonds is 10. The van der Waals surface area contributed by atoms with Gasteiger partial charge in [-0.2, -0.15) is 0 Å². The summed E-state index contributed by atoms with van der Waals surface area (Å²) in [5.41, 5.74) is 0.719. The van der Waals surface area contributed by atoms with Crippen LogP contribution in [-0.4, -0.2) is 118 Å². The molecule has 8 N–H and O–H groups in total. The first-order chi connectivity index (χ1) is 25.5. The lowest BCUT2D eigenvalue weighted by molar-refractivity contribution is -0.142. The lowest BCUT2D eigenvalue weighted by Gasteiger charge is -2.33. The average Bonchev–Trinajstić information content (AvgIpc) is 3.59. The largest absolute Gasteiger partial charge is 0.490 e. The number of nitrogens with one attached hydrogen (secondary N) is 6. The van der Waals surface area contributed by atoms with E-state index >= 15 is 0 Å². The number of aliphatic hydroxyl groups is 1. The molecule has 8 atom stereocenters. The number of carboxylic acid groups (broad SMARTS) is 1. The van der Waals surface area contributed by atoms with Crippen molar-refractivity contribution in [3.8, 4) is 5.75 Å². The van der Waals surface area contributed by atoms with Crippen LogP contribution < -0.4 is 36.6 Å². The molecule has 298 valence electrons. The van der Waals surface area contributed by atoms with Gasteiger partial charge in [-0.1, -0.05) is 38.6 Å². The second-order valence-corrected chi connectivity index (χ2v) is 14.3. The number of carbonyl (C=O) groups excluding carboxylic acids is 6. The van der Waals surface area contributed by atoms with E-state index in [4.69, 9.17) is 4.74 Å². The second kappa shape index (κ2) is 20.4. The summed E-state index contributed by atoms with van der Waals surface area (Å²) in [4.78, 5) is 94.7. The summed E-state index contributed by atoms with van der Waals surface area (Å²) in [6.45, 7) is 12.5. The highest BCUT2D eigenvalue weighted by Crippen LogP contribution is 2.21. The Morgan fingerprint density at radius 1 is 0.870 bits per heavy atom. The van der Waals surface area contributed by atoms with Crippen molar-refractivity contribution in [2.75, 3.05) is 13.2 Å². The van der Waals surface area contributed by atoms with Crippen LogP contribution in [0.1, 0.15) is 72.3 Å². The van der Waals surface area contributed by atoms with E-state index in [-0.39, 0.29) is 25.2 Å². The van der Waals surface area contributed by atoms with Gasteiger partial charge in [0.05, 0.1) is 24.7 Å². The number of benzene rings is 1. The summed E-state index contributed by atoms with van der Waals surface area (Å²) in [7, 11) is 0. The number of carbonyl (C=O) groups is 7. The Balaban J connectivity index is 1.98. The molecule has 0 spiro atoms. The number of ether oxygens (including phenoxy) is 1. The fourth-order valence-electron chi connectivity index (χ4n) is 6.45. The van der Waals surface area contributed by atoms with Gasteiger partial charge in [0.2, 0.25) is 35.4 Å². The Labute approximate surface area is 315 Å². The quantitative estimate of drug-likeness (QED) is 0.141. The van der Waals surface area contributed by atoms with Gasteiger partial charge in [-0.25, -0.2) is 0 Å². The zero-order valence-electron chi connectivity index (χ0n) is 31.6. The molecule has 17 nitrogen and oxygen atoms in total. The lowest BCUT2D eigenvalue weighted by Crippen LogP contribution is -2.62. The van der Waals surface area contributed by atoms with Crippen molar-refractivity contribution in [2.45, 2.75) is 122 Å². The summed E-state index contributed by atoms with van der Waals surface area (Å²) in [6, 6.07) is 0.0293. The Morgan fingerprint density at radius 2 is 1.50 bits per heavy atom. The van der Waals surface area contributed by atoms with Gasteiger partial charge in [-0.3, -0.25) is 38.5 Å². The van der Waals surface area contributed by atoms with E-state index in [2.05, 4.69) is 38.5 Å². The van der Waals surface area contributed by atoms with Crippen molar-refractivity contribution in [1.29, 1.82) is 0 Å². The van der Waals surface area contributed by atoms with Gasteiger partial charge in [-0.15, -0.1) is 0 Å². The summed E-state index contributed by atoms with van der Waals surface area (Å²) in [5, 5.41) is 35.8. The third kappa shape index (κ3) is 13.1. The molecule has 2 heterocycles. The van der Waals surface area contributed by atoms with Crippen LogP contribution in [0.25, 0.3) is 0 Å². The third-order valence-electron chi connectivity index (χ3n) is 9.12. The van der Waals surface area contributed by atoms with E-state index in [9.17, 15) is 43.8 Å². The van der Waals surface area contributed by atoms with Crippen molar-refractivity contribution in [2.24, 2.45) is 5.92 Å². The SMILES string of the molecule is C=CCOc1ccc(CC2NC(=O)[C@@H]3CCCN3[C@H](C)NC(=O)[C@H]([C@@H](C)O)NC(=O)C(CC(=O)O)NC(=O)[C@H](CC(C)C)NC(=O)C[C@H](C)NC2=O)cc1. The van der Waals surface area contributed by atoms with Gasteiger partial charge in [0.1, 0.15) is 36.5 Å². The zero-order chi connectivity index (χ0) is 40.1. The summed E-state index contributed by atoms with van der Waals surface area (Å²) in [6.07, 6.45) is -0.482. The van der Waals surface area contributed by atoms with E-state index in [1.165, 1.54) is 6.92 Å². The van der Waals surface area contributed by atoms with E-state index in [1.54, 1.807) is 62.9 Å². The first-order valence-corrected chi connectivity index (χ1v) is 18.3. The molecular weight excluding hydrogens is 702 g/mol. The summed E-state index contributed by atoms with van der Waals surface area (Å²) < 4.78 is 5.56. The molecule has 2 aliphatic rings. The number of fused-ring (bicyclic) bond motifs is 1. The van der Waals surface area contributed by atoms with Crippen molar-refractivity contribution in [1.82, 2.24) is 36.8 Å². The maximum atomic E-state index is 13.9. The number of amides is 6. The predicted molar refractivity (Wildman–Crippen MR) is 197 cm³/mol. The molecule has 0 aliphatic carbocycles. The van der Waals surface area contributed by atoms with Gasteiger partial charge in [-0.05, 0) is 63.6 Å². The Morgan fingerprint density at radius 3 is 2.11 bits per heavy atom. The molecule has 17 heteroatoms. The highest BCUT2D eigenvalue weighted by atomic mass is 16.5. The Hall–Kier alpha value is -5.03.